The van der Waals surface area contributed by atoms with Crippen LogP contribution >= 0.6 is 46.4 Å². The van der Waals surface area contributed by atoms with Crippen molar-refractivity contribution in [2.45, 2.75) is 55.4 Å². The third-order valence-corrected chi connectivity index (χ3v) is 4.17. The van der Waals surface area contributed by atoms with Crippen molar-refractivity contribution in [3.63, 3.8) is 0 Å². The summed E-state index contributed by atoms with van der Waals surface area (Å²) in [6.07, 6.45) is 4.93. The van der Waals surface area contributed by atoms with Crippen LogP contribution in [0, 0.1) is 0 Å². The van der Waals surface area contributed by atoms with Gasteiger partial charge in [0, 0.05) is 17.1 Å². The first-order valence-electron chi connectivity index (χ1n) is 7.71. The van der Waals surface area contributed by atoms with Crippen LogP contribution in [-0.2, 0) is 4.79 Å². The van der Waals surface area contributed by atoms with Gasteiger partial charge in [-0.05, 0) is 24.6 Å². The molecule has 23 heavy (non-hydrogen) atoms. The first-order chi connectivity index (χ1) is 10.8. The van der Waals surface area contributed by atoms with E-state index >= 15 is 0 Å². The molecule has 1 aromatic carbocycles. The number of unbranched alkanes of at least 4 members (excludes halogenated alkanes) is 4. The molecule has 0 heterocycles. The molecule has 0 aliphatic carbocycles. The van der Waals surface area contributed by atoms with Gasteiger partial charge >= 0.3 is 0 Å². The zero-order chi connectivity index (χ0) is 17.3. The van der Waals surface area contributed by atoms with Crippen LogP contribution in [0.2, 0.25) is 5.02 Å². The van der Waals surface area contributed by atoms with Gasteiger partial charge < -0.3 is 10.6 Å². The second-order valence-corrected chi connectivity index (χ2v) is 8.17. The van der Waals surface area contributed by atoms with Crippen molar-refractivity contribution in [3.8, 4) is 0 Å². The number of carbonyl (C=O) groups is 1. The summed E-state index contributed by atoms with van der Waals surface area (Å²) in [4.78, 5) is 12.0. The highest BCUT2D eigenvalue weighted by atomic mass is 35.6. The molecule has 1 amide bonds. The summed E-state index contributed by atoms with van der Waals surface area (Å²) in [6.45, 7) is 2.15. The molecule has 3 nitrogen and oxygen atoms in total. The first-order valence-corrected chi connectivity index (χ1v) is 9.22. The third-order valence-electron chi connectivity index (χ3n) is 3.28. The monoisotopic (exact) mass is 398 g/mol. The van der Waals surface area contributed by atoms with E-state index in [1.807, 2.05) is 0 Å². The maximum Gasteiger partial charge on any atom is 0.228 e. The van der Waals surface area contributed by atoms with Crippen LogP contribution in [0.4, 0.5) is 5.69 Å². The number of alkyl halides is 3. The van der Waals surface area contributed by atoms with Crippen LogP contribution in [0.15, 0.2) is 24.3 Å². The summed E-state index contributed by atoms with van der Waals surface area (Å²) >= 11 is 23.8. The highest BCUT2D eigenvalue weighted by molar-refractivity contribution is 6.68. The van der Waals surface area contributed by atoms with Crippen LogP contribution in [0.3, 0.4) is 0 Å². The topological polar surface area (TPSA) is 41.1 Å². The molecule has 1 aromatic rings. The summed E-state index contributed by atoms with van der Waals surface area (Å²) in [5.41, 5.74) is 0.664. The van der Waals surface area contributed by atoms with Crippen LogP contribution in [0.5, 0.6) is 0 Å². The molecular weight excluding hydrogens is 378 g/mol. The minimum Gasteiger partial charge on any atom is -0.362 e. The van der Waals surface area contributed by atoms with Crippen molar-refractivity contribution in [2.24, 2.45) is 0 Å². The highest BCUT2D eigenvalue weighted by Gasteiger charge is 2.33. The second kappa shape index (κ2) is 10.5. The van der Waals surface area contributed by atoms with Gasteiger partial charge in [-0.3, -0.25) is 4.79 Å². The van der Waals surface area contributed by atoms with Crippen LogP contribution in [0.25, 0.3) is 0 Å². The normalized spacial score (nSPS) is 12.7. The fraction of sp³-hybridized carbons (Fsp3) is 0.562. The second-order valence-electron chi connectivity index (χ2n) is 5.36. The molecule has 0 saturated carbocycles. The molecule has 0 fully saturated rings. The van der Waals surface area contributed by atoms with Crippen LogP contribution < -0.4 is 10.6 Å². The highest BCUT2D eigenvalue weighted by Crippen LogP contribution is 2.31. The van der Waals surface area contributed by atoms with Gasteiger partial charge in [0.2, 0.25) is 9.70 Å². The van der Waals surface area contributed by atoms with Crippen molar-refractivity contribution < 1.29 is 4.79 Å². The Balaban J connectivity index is 2.53. The predicted octanol–water partition coefficient (Wildman–Crippen LogP) is 5.92. The summed E-state index contributed by atoms with van der Waals surface area (Å²) < 4.78 is -1.68. The molecule has 0 radical (unpaired) electrons. The standard InChI is InChI=1S/C16H22Cl4N2O/c1-2-3-4-5-6-10-14(23)22-15(16(18,19)20)21-13-9-7-8-12(17)11-13/h7-9,11,15,21H,2-6,10H2,1H3,(H,22,23). The van der Waals surface area contributed by atoms with E-state index < -0.39 is 9.96 Å². The SMILES string of the molecule is CCCCCCCC(=O)NC(Nc1cccc(Cl)c1)C(Cl)(Cl)Cl. The minimum absolute atomic E-state index is 0.146. The number of carbonyl (C=O) groups excluding carboxylic acids is 1. The molecule has 2 N–H and O–H groups in total. The maximum atomic E-state index is 12.0. The molecule has 130 valence electrons. The fourth-order valence-electron chi connectivity index (χ4n) is 2.07. The Labute approximate surface area is 158 Å². The fourth-order valence-corrected chi connectivity index (χ4v) is 2.58. The molecule has 1 unspecified atom stereocenters. The number of rotatable bonds is 9. The Morgan fingerprint density at radius 1 is 1.17 bits per heavy atom. The Morgan fingerprint density at radius 2 is 1.87 bits per heavy atom. The average Bonchev–Trinajstić information content (AvgIpc) is 2.45. The summed E-state index contributed by atoms with van der Waals surface area (Å²) in [6, 6.07) is 7.00. The van der Waals surface area contributed by atoms with Crippen LogP contribution in [-0.4, -0.2) is 15.9 Å². The maximum absolute atomic E-state index is 12.0. The van der Waals surface area contributed by atoms with E-state index in [2.05, 4.69) is 17.6 Å². The van der Waals surface area contributed by atoms with Crippen LogP contribution in [0.1, 0.15) is 45.4 Å². The lowest BCUT2D eigenvalue weighted by molar-refractivity contribution is -0.121. The number of benzene rings is 1. The van der Waals surface area contributed by atoms with Gasteiger partial charge in [0.05, 0.1) is 0 Å². The van der Waals surface area contributed by atoms with E-state index in [9.17, 15) is 4.79 Å². The van der Waals surface area contributed by atoms with E-state index in [0.29, 0.717) is 17.1 Å². The number of anilines is 1. The van der Waals surface area contributed by atoms with E-state index in [1.165, 1.54) is 12.8 Å². The van der Waals surface area contributed by atoms with Gasteiger partial charge in [0.1, 0.15) is 6.17 Å². The Hall–Kier alpha value is -0.350. The van der Waals surface area contributed by atoms with Crippen molar-refractivity contribution in [1.29, 1.82) is 0 Å². The van der Waals surface area contributed by atoms with E-state index in [0.717, 1.165) is 19.3 Å². The summed E-state index contributed by atoms with van der Waals surface area (Å²) in [7, 11) is 0. The third kappa shape index (κ3) is 8.90. The van der Waals surface area contributed by atoms with Gasteiger partial charge in [-0.1, -0.05) is 85.1 Å². The summed E-state index contributed by atoms with van der Waals surface area (Å²) in [5.74, 6) is -0.146. The zero-order valence-electron chi connectivity index (χ0n) is 13.0. The van der Waals surface area contributed by atoms with E-state index in [-0.39, 0.29) is 5.91 Å². The smallest absolute Gasteiger partial charge is 0.228 e. The number of hydrogen-bond donors (Lipinski definition) is 2. The molecule has 0 bridgehead atoms. The molecule has 0 aliphatic rings. The van der Waals surface area contributed by atoms with E-state index in [4.69, 9.17) is 46.4 Å². The molecule has 0 aromatic heterocycles. The number of hydrogen-bond acceptors (Lipinski definition) is 2. The predicted molar refractivity (Wildman–Crippen MR) is 101 cm³/mol. The Kier molecular flexibility index (Phi) is 9.45. The molecule has 0 saturated heterocycles. The molecular formula is C16H22Cl4N2O. The molecule has 1 atom stereocenters. The number of halogens is 4. The lowest BCUT2D eigenvalue weighted by Crippen LogP contribution is -2.49. The zero-order valence-corrected chi connectivity index (χ0v) is 16.1. The Morgan fingerprint density at radius 3 is 2.48 bits per heavy atom. The van der Waals surface area contributed by atoms with Gasteiger partial charge in [-0.15, -0.1) is 0 Å². The number of amides is 1. The van der Waals surface area contributed by atoms with Crippen molar-refractivity contribution in [3.05, 3.63) is 29.3 Å². The Bertz CT molecular complexity index is 491. The molecule has 0 spiro atoms. The average molecular weight is 400 g/mol. The van der Waals surface area contributed by atoms with Crippen molar-refractivity contribution in [1.82, 2.24) is 5.32 Å². The van der Waals surface area contributed by atoms with Crippen molar-refractivity contribution in [2.75, 3.05) is 5.32 Å². The molecule has 1 rings (SSSR count). The molecule has 7 heteroatoms. The van der Waals surface area contributed by atoms with Gasteiger partial charge in [0.25, 0.3) is 0 Å². The quantitative estimate of drug-likeness (QED) is 0.307. The van der Waals surface area contributed by atoms with Gasteiger partial charge in [-0.25, -0.2) is 0 Å². The number of nitrogens with one attached hydrogen (secondary N) is 2. The van der Waals surface area contributed by atoms with Gasteiger partial charge in [-0.2, -0.15) is 0 Å². The first kappa shape index (κ1) is 20.7. The van der Waals surface area contributed by atoms with E-state index in [1.54, 1.807) is 24.3 Å². The summed E-state index contributed by atoms with van der Waals surface area (Å²) in [5, 5.41) is 6.27. The molecule has 0 aliphatic heterocycles. The lowest BCUT2D eigenvalue weighted by Gasteiger charge is -2.27. The van der Waals surface area contributed by atoms with Gasteiger partial charge in [0.15, 0.2) is 0 Å². The van der Waals surface area contributed by atoms with Crippen molar-refractivity contribution >= 4 is 58.0 Å². The lowest BCUT2D eigenvalue weighted by atomic mass is 10.1. The largest absolute Gasteiger partial charge is 0.362 e. The minimum atomic E-state index is -1.68.